The molecule has 1 fully saturated rings. The first-order valence-corrected chi connectivity index (χ1v) is 11.9. The molecule has 0 saturated heterocycles. The van der Waals surface area contributed by atoms with Crippen LogP contribution in [0.2, 0.25) is 0 Å². The standard InChI is InChI=1S/C19H22F3IN2O5S/c1-30-15-7-13(21)16(22)18(24-14-3-2-10(23)6-12(14)20)17(15)25-31(28,29)19(4-5-19)8-11(27)9-26/h2-3,7,11-12,24-27H,4-6,8-9H2,1H3. The molecule has 0 bridgehead atoms. The first-order valence-electron chi connectivity index (χ1n) is 9.38. The van der Waals surface area contributed by atoms with E-state index in [0.717, 1.165) is 10.7 Å². The van der Waals surface area contributed by atoms with Gasteiger partial charge in [0.15, 0.2) is 11.6 Å². The van der Waals surface area contributed by atoms with Gasteiger partial charge in [0.2, 0.25) is 10.0 Å². The average molecular weight is 574 g/mol. The van der Waals surface area contributed by atoms with Crippen molar-refractivity contribution < 1.29 is 36.5 Å². The summed E-state index contributed by atoms with van der Waals surface area (Å²) in [4.78, 5) is 0. The third-order valence-corrected chi connectivity index (χ3v) is 8.25. The second-order valence-electron chi connectivity index (χ2n) is 7.49. The molecule has 2 atom stereocenters. The Balaban J connectivity index is 2.03. The fourth-order valence-electron chi connectivity index (χ4n) is 3.34. The van der Waals surface area contributed by atoms with E-state index in [0.29, 0.717) is 6.07 Å². The number of sulfonamides is 1. The van der Waals surface area contributed by atoms with E-state index in [1.54, 1.807) is 6.08 Å². The van der Waals surface area contributed by atoms with E-state index in [4.69, 9.17) is 9.84 Å². The summed E-state index contributed by atoms with van der Waals surface area (Å²) in [5.41, 5.74) is -1.09. The number of hydrogen-bond donors (Lipinski definition) is 4. The number of alkyl halides is 1. The van der Waals surface area contributed by atoms with Gasteiger partial charge in [-0.15, -0.1) is 0 Å². The Labute approximate surface area is 191 Å². The smallest absolute Gasteiger partial charge is 0.238 e. The quantitative estimate of drug-likeness (QED) is 0.337. The highest BCUT2D eigenvalue weighted by molar-refractivity contribution is 14.1. The Kier molecular flexibility index (Phi) is 7.13. The lowest BCUT2D eigenvalue weighted by atomic mass is 10.1. The maximum Gasteiger partial charge on any atom is 0.238 e. The van der Waals surface area contributed by atoms with Crippen LogP contribution in [-0.2, 0) is 10.0 Å². The third kappa shape index (κ3) is 4.96. The van der Waals surface area contributed by atoms with E-state index in [-0.39, 0.29) is 37.1 Å². The summed E-state index contributed by atoms with van der Waals surface area (Å²) < 4.78 is 76.1. The van der Waals surface area contributed by atoms with Crippen molar-refractivity contribution >= 4 is 44.0 Å². The Hall–Kier alpha value is -1.51. The summed E-state index contributed by atoms with van der Waals surface area (Å²) in [7, 11) is -3.06. The molecule has 0 aromatic heterocycles. The summed E-state index contributed by atoms with van der Waals surface area (Å²) in [6, 6.07) is 0.686. The van der Waals surface area contributed by atoms with Crippen LogP contribution in [-0.4, -0.2) is 49.4 Å². The maximum atomic E-state index is 14.7. The molecule has 12 heteroatoms. The largest absolute Gasteiger partial charge is 0.494 e. The summed E-state index contributed by atoms with van der Waals surface area (Å²) in [5, 5.41) is 21.3. The highest BCUT2D eigenvalue weighted by Gasteiger charge is 2.55. The number of methoxy groups -OCH3 is 1. The average Bonchev–Trinajstić information content (AvgIpc) is 3.50. The van der Waals surface area contributed by atoms with Gasteiger partial charge in [-0.1, -0.05) is 6.08 Å². The Morgan fingerprint density at radius 1 is 1.32 bits per heavy atom. The minimum atomic E-state index is -4.21. The van der Waals surface area contributed by atoms with Gasteiger partial charge < -0.3 is 20.3 Å². The lowest BCUT2D eigenvalue weighted by Gasteiger charge is -2.25. The predicted molar refractivity (Wildman–Crippen MR) is 118 cm³/mol. The van der Waals surface area contributed by atoms with Gasteiger partial charge in [0.05, 0.1) is 30.3 Å². The van der Waals surface area contributed by atoms with Crippen LogP contribution in [0.25, 0.3) is 0 Å². The monoisotopic (exact) mass is 574 g/mol. The van der Waals surface area contributed by atoms with E-state index in [2.05, 4.69) is 10.0 Å². The third-order valence-electron chi connectivity index (χ3n) is 5.26. The zero-order chi connectivity index (χ0) is 23.0. The van der Waals surface area contributed by atoms with E-state index in [1.807, 2.05) is 22.6 Å². The fraction of sp³-hybridized carbons (Fsp3) is 0.474. The normalized spacial score (nSPS) is 21.1. The Morgan fingerprint density at radius 2 is 2.00 bits per heavy atom. The number of benzene rings is 1. The lowest BCUT2D eigenvalue weighted by molar-refractivity contribution is 0.0858. The molecule has 2 aliphatic carbocycles. The van der Waals surface area contributed by atoms with Crippen molar-refractivity contribution in [3.05, 3.63) is 39.1 Å². The summed E-state index contributed by atoms with van der Waals surface area (Å²) in [6.07, 6.45) is 0.439. The van der Waals surface area contributed by atoms with E-state index in [9.17, 15) is 26.7 Å². The highest BCUT2D eigenvalue weighted by atomic mass is 127. The molecule has 7 nitrogen and oxygen atoms in total. The van der Waals surface area contributed by atoms with Crippen molar-refractivity contribution in [2.45, 2.75) is 42.7 Å². The molecule has 3 rings (SSSR count). The molecule has 0 spiro atoms. The summed E-state index contributed by atoms with van der Waals surface area (Å²) >= 11 is 1.95. The number of allylic oxidation sites excluding steroid dienone is 4. The molecule has 2 aliphatic rings. The van der Waals surface area contributed by atoms with Gasteiger partial charge in [0, 0.05) is 12.5 Å². The first-order chi connectivity index (χ1) is 14.5. The molecule has 1 aromatic carbocycles. The number of rotatable bonds is 9. The van der Waals surface area contributed by atoms with Crippen LogP contribution >= 0.6 is 22.6 Å². The predicted octanol–water partition coefficient (Wildman–Crippen LogP) is 3.35. The second-order valence-corrected chi connectivity index (χ2v) is 10.9. The van der Waals surface area contributed by atoms with Gasteiger partial charge in [0.1, 0.15) is 23.3 Å². The SMILES string of the molecule is COc1cc(F)c(F)c(NC2=CC=C(I)CC2F)c1NS(=O)(=O)C1(CC(O)CO)CC1. The molecule has 1 aromatic rings. The lowest BCUT2D eigenvalue weighted by Crippen LogP contribution is -2.34. The Bertz CT molecular complexity index is 1030. The van der Waals surface area contributed by atoms with Gasteiger partial charge >= 0.3 is 0 Å². The summed E-state index contributed by atoms with van der Waals surface area (Å²) in [5.74, 6) is -3.02. The molecular formula is C19H22F3IN2O5S. The number of aliphatic hydroxyl groups is 2. The molecule has 172 valence electrons. The first kappa shape index (κ1) is 24.1. The van der Waals surface area contributed by atoms with Crippen LogP contribution in [0, 0.1) is 11.6 Å². The number of hydrogen-bond acceptors (Lipinski definition) is 6. The molecule has 31 heavy (non-hydrogen) atoms. The molecule has 1 saturated carbocycles. The molecule has 0 aliphatic heterocycles. The Morgan fingerprint density at radius 3 is 2.55 bits per heavy atom. The topological polar surface area (TPSA) is 108 Å². The molecule has 4 N–H and O–H groups in total. The molecule has 0 radical (unpaired) electrons. The molecular weight excluding hydrogens is 552 g/mol. The highest BCUT2D eigenvalue weighted by Crippen LogP contribution is 2.49. The van der Waals surface area contributed by atoms with Crippen molar-refractivity contribution in [1.82, 2.24) is 0 Å². The summed E-state index contributed by atoms with van der Waals surface area (Å²) in [6.45, 7) is -0.614. The van der Waals surface area contributed by atoms with E-state index in [1.165, 1.54) is 6.08 Å². The number of anilines is 2. The molecule has 2 unspecified atom stereocenters. The molecule has 0 amide bonds. The van der Waals surface area contributed by atoms with Gasteiger partial charge in [-0.3, -0.25) is 4.72 Å². The molecule has 0 heterocycles. The van der Waals surface area contributed by atoms with Crippen LogP contribution in [0.3, 0.4) is 0 Å². The van der Waals surface area contributed by atoms with Crippen molar-refractivity contribution in [2.75, 3.05) is 23.8 Å². The van der Waals surface area contributed by atoms with Crippen molar-refractivity contribution in [1.29, 1.82) is 0 Å². The zero-order valence-corrected chi connectivity index (χ0v) is 19.4. The van der Waals surface area contributed by atoms with Crippen LogP contribution in [0.15, 0.2) is 27.5 Å². The van der Waals surface area contributed by atoms with Crippen LogP contribution in [0.1, 0.15) is 25.7 Å². The zero-order valence-electron chi connectivity index (χ0n) is 16.5. The number of aliphatic hydroxyl groups excluding tert-OH is 2. The van der Waals surface area contributed by atoms with Gasteiger partial charge in [-0.2, -0.15) is 0 Å². The maximum absolute atomic E-state index is 14.7. The van der Waals surface area contributed by atoms with Gasteiger partial charge in [-0.25, -0.2) is 21.6 Å². The number of ether oxygens (including phenoxy) is 1. The van der Waals surface area contributed by atoms with E-state index < -0.39 is 56.7 Å². The number of nitrogens with one attached hydrogen (secondary N) is 2. The van der Waals surface area contributed by atoms with Crippen molar-refractivity contribution in [3.63, 3.8) is 0 Å². The second kappa shape index (κ2) is 9.16. The van der Waals surface area contributed by atoms with Crippen LogP contribution in [0.5, 0.6) is 5.75 Å². The van der Waals surface area contributed by atoms with Crippen molar-refractivity contribution in [3.8, 4) is 5.75 Å². The van der Waals surface area contributed by atoms with Gasteiger partial charge in [0.25, 0.3) is 0 Å². The fourth-order valence-corrected chi connectivity index (χ4v) is 5.65. The minimum absolute atomic E-state index is 0.0384. The van der Waals surface area contributed by atoms with Crippen LogP contribution in [0.4, 0.5) is 24.5 Å². The minimum Gasteiger partial charge on any atom is -0.494 e. The van der Waals surface area contributed by atoms with Gasteiger partial charge in [-0.05, 0) is 51.5 Å². The number of halogens is 4. The van der Waals surface area contributed by atoms with Crippen LogP contribution < -0.4 is 14.8 Å². The van der Waals surface area contributed by atoms with E-state index >= 15 is 0 Å². The van der Waals surface area contributed by atoms with Crippen molar-refractivity contribution in [2.24, 2.45) is 0 Å².